The van der Waals surface area contributed by atoms with Gasteiger partial charge in [-0.25, -0.2) is 15.0 Å². The molecule has 49 heavy (non-hydrogen) atoms. The molecule has 0 bridgehead atoms. The summed E-state index contributed by atoms with van der Waals surface area (Å²) < 4.78 is 6.79. The van der Waals surface area contributed by atoms with E-state index in [9.17, 15) is 0 Å². The van der Waals surface area contributed by atoms with Gasteiger partial charge in [0.2, 0.25) is 0 Å². The van der Waals surface area contributed by atoms with Crippen LogP contribution in [0.2, 0.25) is 0 Å². The first-order chi connectivity index (χ1) is 24.2. The number of pyridine rings is 1. The summed E-state index contributed by atoms with van der Waals surface area (Å²) in [5.74, 6) is 1.81. The number of furan rings is 1. The molecule has 10 rings (SSSR count). The van der Waals surface area contributed by atoms with Crippen LogP contribution in [0.3, 0.4) is 0 Å². The average Bonchev–Trinajstić information content (AvgIpc) is 3.54. The Hall–Kier alpha value is -6.72. The lowest BCUT2D eigenvalue weighted by Gasteiger charge is -2.11. The molecule has 3 heterocycles. The van der Waals surface area contributed by atoms with Crippen molar-refractivity contribution in [1.82, 2.24) is 19.9 Å². The largest absolute Gasteiger partial charge is 0.455 e. The van der Waals surface area contributed by atoms with E-state index < -0.39 is 0 Å². The number of benzene rings is 7. The Bertz CT molecular complexity index is 2890. The molecule has 0 aliphatic carbocycles. The predicted octanol–water partition coefficient (Wildman–Crippen LogP) is 11.3. The summed E-state index contributed by atoms with van der Waals surface area (Å²) >= 11 is 0. The van der Waals surface area contributed by atoms with E-state index in [-0.39, 0.29) is 0 Å². The topological polar surface area (TPSA) is 64.7 Å². The molecule has 228 valence electrons. The van der Waals surface area contributed by atoms with E-state index in [0.29, 0.717) is 17.5 Å². The molecule has 0 saturated carbocycles. The maximum Gasteiger partial charge on any atom is 0.164 e. The molecular formula is C44H26N4O. The second-order valence-electron chi connectivity index (χ2n) is 12.3. The van der Waals surface area contributed by atoms with Crippen LogP contribution >= 0.6 is 0 Å². The lowest BCUT2D eigenvalue weighted by Crippen LogP contribution is -2.00. The standard InChI is InChI=1S/C44H26N4O/c1-2-11-29(12-3-1)42-46-43(34-19-17-28-10-5-7-14-31(28)24-34)48-44(47-42)36-21-20-35(32-18-16-27-9-4-6-13-30(27)23-32)41-40(36)37-25-33-15-8-22-45-38(33)26-39(37)49-41/h1-26H. The molecule has 0 atom stereocenters. The molecule has 0 fully saturated rings. The first-order valence-corrected chi connectivity index (χ1v) is 16.3. The number of nitrogens with zero attached hydrogens (tertiary/aromatic N) is 4. The molecule has 0 saturated heterocycles. The van der Waals surface area contributed by atoms with E-state index in [1.807, 2.05) is 48.7 Å². The normalized spacial score (nSPS) is 11.7. The second-order valence-corrected chi connectivity index (χ2v) is 12.3. The van der Waals surface area contributed by atoms with Crippen LogP contribution in [0, 0.1) is 0 Å². The highest BCUT2D eigenvalue weighted by Crippen LogP contribution is 2.43. The highest BCUT2D eigenvalue weighted by Gasteiger charge is 2.21. The van der Waals surface area contributed by atoms with Crippen LogP contribution in [-0.2, 0) is 0 Å². The van der Waals surface area contributed by atoms with Gasteiger partial charge < -0.3 is 4.42 Å². The van der Waals surface area contributed by atoms with E-state index >= 15 is 0 Å². The van der Waals surface area contributed by atoms with Gasteiger partial charge in [0.1, 0.15) is 11.2 Å². The smallest absolute Gasteiger partial charge is 0.164 e. The van der Waals surface area contributed by atoms with Crippen LogP contribution in [0.25, 0.3) is 99.7 Å². The van der Waals surface area contributed by atoms with Crippen LogP contribution in [0.1, 0.15) is 0 Å². The summed E-state index contributed by atoms with van der Waals surface area (Å²) in [7, 11) is 0. The van der Waals surface area contributed by atoms with Gasteiger partial charge in [0.25, 0.3) is 0 Å². The Labute approximate surface area is 281 Å². The van der Waals surface area contributed by atoms with Crippen molar-refractivity contribution >= 4 is 54.4 Å². The third kappa shape index (κ3) is 4.63. The van der Waals surface area contributed by atoms with Gasteiger partial charge in [-0.3, -0.25) is 4.98 Å². The average molecular weight is 627 g/mol. The Morgan fingerprint density at radius 1 is 0.408 bits per heavy atom. The zero-order valence-electron chi connectivity index (χ0n) is 26.2. The van der Waals surface area contributed by atoms with Crippen molar-refractivity contribution in [2.45, 2.75) is 0 Å². The quantitative estimate of drug-likeness (QED) is 0.194. The zero-order chi connectivity index (χ0) is 32.3. The molecule has 0 amide bonds. The molecule has 0 spiro atoms. The van der Waals surface area contributed by atoms with Crippen LogP contribution in [0.4, 0.5) is 0 Å². The molecule has 0 radical (unpaired) electrons. The van der Waals surface area contributed by atoms with Crippen molar-refractivity contribution in [3.05, 3.63) is 158 Å². The number of hydrogen-bond acceptors (Lipinski definition) is 5. The first-order valence-electron chi connectivity index (χ1n) is 16.3. The minimum atomic E-state index is 0.584. The summed E-state index contributed by atoms with van der Waals surface area (Å²) in [5.41, 5.74) is 7.24. The van der Waals surface area contributed by atoms with E-state index in [1.165, 1.54) is 16.2 Å². The van der Waals surface area contributed by atoms with Gasteiger partial charge in [-0.05, 0) is 63.5 Å². The minimum absolute atomic E-state index is 0.584. The van der Waals surface area contributed by atoms with Gasteiger partial charge in [0, 0.05) is 50.7 Å². The summed E-state index contributed by atoms with van der Waals surface area (Å²) in [6.45, 7) is 0. The molecule has 10 aromatic rings. The van der Waals surface area contributed by atoms with Gasteiger partial charge in [-0.2, -0.15) is 0 Å². The Kier molecular flexibility index (Phi) is 6.11. The summed E-state index contributed by atoms with van der Waals surface area (Å²) in [6.07, 6.45) is 1.81. The lowest BCUT2D eigenvalue weighted by atomic mass is 9.96. The van der Waals surface area contributed by atoms with Crippen molar-refractivity contribution in [2.75, 3.05) is 0 Å². The minimum Gasteiger partial charge on any atom is -0.455 e. The van der Waals surface area contributed by atoms with Crippen molar-refractivity contribution in [3.8, 4) is 45.3 Å². The van der Waals surface area contributed by atoms with E-state index in [2.05, 4.69) is 114 Å². The number of fused-ring (bicyclic) bond motifs is 6. The van der Waals surface area contributed by atoms with Gasteiger partial charge in [-0.1, -0.05) is 109 Å². The van der Waals surface area contributed by atoms with Crippen LogP contribution < -0.4 is 0 Å². The summed E-state index contributed by atoms with van der Waals surface area (Å²) in [5, 5.41) is 7.66. The van der Waals surface area contributed by atoms with Gasteiger partial charge >= 0.3 is 0 Å². The third-order valence-electron chi connectivity index (χ3n) is 9.32. The fraction of sp³-hybridized carbons (Fsp3) is 0. The number of hydrogen-bond donors (Lipinski definition) is 0. The summed E-state index contributed by atoms with van der Waals surface area (Å²) in [6, 6.07) is 52.3. The molecule has 7 aromatic carbocycles. The van der Waals surface area contributed by atoms with Crippen molar-refractivity contribution in [2.24, 2.45) is 0 Å². The van der Waals surface area contributed by atoms with Gasteiger partial charge in [0.05, 0.1) is 5.52 Å². The molecule has 0 aliphatic heterocycles. The van der Waals surface area contributed by atoms with Crippen LogP contribution in [0.5, 0.6) is 0 Å². The lowest BCUT2D eigenvalue weighted by molar-refractivity contribution is 0.670. The second kappa shape index (κ2) is 10.9. The predicted molar refractivity (Wildman–Crippen MR) is 199 cm³/mol. The number of rotatable bonds is 4. The monoisotopic (exact) mass is 626 g/mol. The van der Waals surface area contributed by atoms with Crippen molar-refractivity contribution in [3.63, 3.8) is 0 Å². The first kappa shape index (κ1) is 27.4. The zero-order valence-corrected chi connectivity index (χ0v) is 26.2. The fourth-order valence-corrected chi connectivity index (χ4v) is 6.89. The molecule has 0 N–H and O–H groups in total. The number of aromatic nitrogens is 4. The van der Waals surface area contributed by atoms with E-state index in [1.54, 1.807) is 0 Å². The Morgan fingerprint density at radius 3 is 1.80 bits per heavy atom. The maximum atomic E-state index is 6.79. The highest BCUT2D eigenvalue weighted by atomic mass is 16.3. The molecule has 3 aromatic heterocycles. The van der Waals surface area contributed by atoms with Gasteiger partial charge in [0.15, 0.2) is 17.5 Å². The third-order valence-corrected chi connectivity index (χ3v) is 9.32. The summed E-state index contributed by atoms with van der Waals surface area (Å²) in [4.78, 5) is 19.9. The van der Waals surface area contributed by atoms with Crippen molar-refractivity contribution < 1.29 is 4.42 Å². The van der Waals surface area contributed by atoms with Gasteiger partial charge in [-0.15, -0.1) is 0 Å². The fourth-order valence-electron chi connectivity index (χ4n) is 6.89. The molecule has 0 aliphatic rings. The Morgan fingerprint density at radius 2 is 1.02 bits per heavy atom. The van der Waals surface area contributed by atoms with Crippen molar-refractivity contribution in [1.29, 1.82) is 0 Å². The SMILES string of the molecule is c1ccc(-c2nc(-c3ccc4ccccc4c3)nc(-c3ccc(-c4ccc5ccccc5c4)c4oc5cc6ncccc6cc5c34)n2)cc1. The Balaban J connectivity index is 1.27. The highest BCUT2D eigenvalue weighted by molar-refractivity contribution is 6.18. The molecule has 0 unspecified atom stereocenters. The van der Waals surface area contributed by atoms with E-state index in [4.69, 9.17) is 19.4 Å². The van der Waals surface area contributed by atoms with Crippen LogP contribution in [0.15, 0.2) is 162 Å². The molecule has 5 heteroatoms. The van der Waals surface area contributed by atoms with Crippen LogP contribution in [-0.4, -0.2) is 19.9 Å². The molecule has 5 nitrogen and oxygen atoms in total. The van der Waals surface area contributed by atoms with E-state index in [0.717, 1.165) is 66.0 Å². The maximum absolute atomic E-state index is 6.79. The molecular weight excluding hydrogens is 601 g/mol.